The van der Waals surface area contributed by atoms with Gasteiger partial charge in [0.15, 0.2) is 5.78 Å². The van der Waals surface area contributed by atoms with Crippen LogP contribution in [-0.4, -0.2) is 46.1 Å². The van der Waals surface area contributed by atoms with E-state index in [1.165, 1.54) is 0 Å². The molecule has 5 rings (SSSR count). The molecule has 0 aliphatic carbocycles. The topological polar surface area (TPSA) is 71.1 Å². The second kappa shape index (κ2) is 8.93. The Morgan fingerprint density at radius 2 is 2.03 bits per heavy atom. The molecule has 1 atom stereocenters. The lowest BCUT2D eigenvalue weighted by Gasteiger charge is -2.31. The van der Waals surface area contributed by atoms with E-state index < -0.39 is 0 Å². The SMILES string of the molecule is COc1ccc2cc(-c3[nH]ncc3CN3CCCC(C(=O)c4cccnc4)C3)ccc2c1. The highest BCUT2D eigenvalue weighted by atomic mass is 16.5. The molecule has 4 aromatic rings. The Bertz CT molecular complexity index is 1240. The number of methoxy groups -OCH3 is 1. The van der Waals surface area contributed by atoms with E-state index in [9.17, 15) is 4.79 Å². The molecule has 1 saturated heterocycles. The quantitative estimate of drug-likeness (QED) is 0.452. The molecule has 0 radical (unpaired) electrons. The van der Waals surface area contributed by atoms with Crippen LogP contribution in [-0.2, 0) is 6.54 Å². The van der Waals surface area contributed by atoms with E-state index in [0.717, 1.165) is 65.8 Å². The number of nitrogens with one attached hydrogen (secondary N) is 1. The Morgan fingerprint density at radius 1 is 1.16 bits per heavy atom. The number of fused-ring (bicyclic) bond motifs is 1. The third-order valence-electron chi connectivity index (χ3n) is 6.27. The van der Waals surface area contributed by atoms with Gasteiger partial charge in [-0.2, -0.15) is 5.10 Å². The van der Waals surface area contributed by atoms with Crippen LogP contribution in [0.2, 0.25) is 0 Å². The van der Waals surface area contributed by atoms with Gasteiger partial charge < -0.3 is 4.74 Å². The van der Waals surface area contributed by atoms with E-state index in [-0.39, 0.29) is 11.7 Å². The van der Waals surface area contributed by atoms with Gasteiger partial charge in [0.2, 0.25) is 0 Å². The molecule has 1 aliphatic heterocycles. The van der Waals surface area contributed by atoms with Crippen molar-refractivity contribution < 1.29 is 9.53 Å². The molecule has 1 aliphatic rings. The molecule has 32 heavy (non-hydrogen) atoms. The van der Waals surface area contributed by atoms with E-state index in [2.05, 4.69) is 44.3 Å². The summed E-state index contributed by atoms with van der Waals surface area (Å²) < 4.78 is 5.33. The molecule has 0 spiro atoms. The molecule has 6 nitrogen and oxygen atoms in total. The zero-order valence-corrected chi connectivity index (χ0v) is 18.1. The third-order valence-corrected chi connectivity index (χ3v) is 6.27. The van der Waals surface area contributed by atoms with E-state index in [1.54, 1.807) is 19.5 Å². The van der Waals surface area contributed by atoms with Crippen molar-refractivity contribution in [2.75, 3.05) is 20.2 Å². The molecule has 2 aromatic heterocycles. The Morgan fingerprint density at radius 3 is 2.88 bits per heavy atom. The Kier molecular flexibility index (Phi) is 5.69. The first-order chi connectivity index (χ1) is 15.7. The van der Waals surface area contributed by atoms with E-state index in [0.29, 0.717) is 5.56 Å². The average Bonchev–Trinajstić information content (AvgIpc) is 3.31. The molecule has 2 aromatic carbocycles. The van der Waals surface area contributed by atoms with Crippen LogP contribution in [0.5, 0.6) is 5.75 Å². The molecule has 0 amide bonds. The number of rotatable bonds is 6. The first kappa shape index (κ1) is 20.4. The minimum absolute atomic E-state index is 0.0129. The summed E-state index contributed by atoms with van der Waals surface area (Å²) in [5, 5.41) is 9.81. The van der Waals surface area contributed by atoms with Gasteiger partial charge in [-0.3, -0.25) is 19.8 Å². The highest BCUT2D eigenvalue weighted by Gasteiger charge is 2.27. The van der Waals surface area contributed by atoms with Crippen molar-refractivity contribution in [1.82, 2.24) is 20.1 Å². The number of aromatic amines is 1. The fourth-order valence-corrected chi connectivity index (χ4v) is 4.59. The lowest BCUT2D eigenvalue weighted by molar-refractivity contribution is 0.0811. The fraction of sp³-hybridized carbons (Fsp3) is 0.269. The number of hydrogen-bond donors (Lipinski definition) is 1. The molecular formula is C26H26N4O2. The molecule has 0 bridgehead atoms. The number of ether oxygens (including phenoxy) is 1. The van der Waals surface area contributed by atoms with Crippen molar-refractivity contribution in [3.63, 3.8) is 0 Å². The number of hydrogen-bond acceptors (Lipinski definition) is 5. The first-order valence-electron chi connectivity index (χ1n) is 11.0. The normalized spacial score (nSPS) is 16.8. The van der Waals surface area contributed by atoms with Gasteiger partial charge in [0.25, 0.3) is 0 Å². The Balaban J connectivity index is 1.34. The van der Waals surface area contributed by atoms with Crippen molar-refractivity contribution in [1.29, 1.82) is 0 Å². The summed E-state index contributed by atoms with van der Waals surface area (Å²) in [7, 11) is 1.68. The second-order valence-electron chi connectivity index (χ2n) is 8.38. The van der Waals surface area contributed by atoms with Crippen LogP contribution in [0.1, 0.15) is 28.8 Å². The third kappa shape index (κ3) is 4.14. The predicted molar refractivity (Wildman–Crippen MR) is 125 cm³/mol. The second-order valence-corrected chi connectivity index (χ2v) is 8.38. The van der Waals surface area contributed by atoms with Gasteiger partial charge in [0.05, 0.1) is 19.0 Å². The number of aromatic nitrogens is 3. The zero-order valence-electron chi connectivity index (χ0n) is 18.1. The van der Waals surface area contributed by atoms with Crippen molar-refractivity contribution in [3.8, 4) is 17.0 Å². The number of ketones is 1. The summed E-state index contributed by atoms with van der Waals surface area (Å²) in [6.45, 7) is 2.51. The largest absolute Gasteiger partial charge is 0.497 e. The summed E-state index contributed by atoms with van der Waals surface area (Å²) in [5.41, 5.74) is 3.99. The van der Waals surface area contributed by atoms with Crippen molar-refractivity contribution >= 4 is 16.6 Å². The van der Waals surface area contributed by atoms with Gasteiger partial charge >= 0.3 is 0 Å². The van der Waals surface area contributed by atoms with Gasteiger partial charge in [-0.25, -0.2) is 0 Å². The summed E-state index contributed by atoms with van der Waals surface area (Å²) in [4.78, 5) is 19.4. The maximum atomic E-state index is 12.9. The number of likely N-dealkylation sites (tertiary alicyclic amines) is 1. The fourth-order valence-electron chi connectivity index (χ4n) is 4.59. The van der Waals surface area contributed by atoms with Gasteiger partial charge in [-0.1, -0.05) is 18.2 Å². The molecule has 1 N–H and O–H groups in total. The molecule has 0 saturated carbocycles. The summed E-state index contributed by atoms with van der Waals surface area (Å²) in [6, 6.07) is 16.2. The molecule has 1 unspecified atom stereocenters. The van der Waals surface area contributed by atoms with Crippen LogP contribution in [0, 0.1) is 5.92 Å². The highest BCUT2D eigenvalue weighted by Crippen LogP contribution is 2.29. The lowest BCUT2D eigenvalue weighted by Crippen LogP contribution is -2.38. The molecule has 1 fully saturated rings. The minimum Gasteiger partial charge on any atom is -0.497 e. The number of Topliss-reactive ketones (excluding diaryl/α,β-unsaturated/α-hetero) is 1. The summed E-state index contributed by atoms with van der Waals surface area (Å²) in [6.07, 6.45) is 7.22. The van der Waals surface area contributed by atoms with Crippen molar-refractivity contribution in [2.24, 2.45) is 5.92 Å². The maximum absolute atomic E-state index is 12.9. The molecule has 3 heterocycles. The number of carbonyl (C=O) groups excluding carboxylic acids is 1. The van der Waals surface area contributed by atoms with Gasteiger partial charge in [0.1, 0.15) is 5.75 Å². The van der Waals surface area contributed by atoms with Gasteiger partial charge in [-0.05, 0) is 60.5 Å². The number of H-pyrrole nitrogens is 1. The minimum atomic E-state index is 0.0129. The van der Waals surface area contributed by atoms with Crippen LogP contribution in [0.15, 0.2) is 67.1 Å². The van der Waals surface area contributed by atoms with Gasteiger partial charge in [0, 0.05) is 48.1 Å². The van der Waals surface area contributed by atoms with Gasteiger partial charge in [-0.15, -0.1) is 0 Å². The van der Waals surface area contributed by atoms with E-state index >= 15 is 0 Å². The van der Waals surface area contributed by atoms with E-state index in [4.69, 9.17) is 4.74 Å². The highest BCUT2D eigenvalue weighted by molar-refractivity contribution is 5.97. The van der Waals surface area contributed by atoms with Crippen molar-refractivity contribution in [2.45, 2.75) is 19.4 Å². The van der Waals surface area contributed by atoms with Crippen LogP contribution in [0.3, 0.4) is 0 Å². The van der Waals surface area contributed by atoms with E-state index in [1.807, 2.05) is 30.5 Å². The van der Waals surface area contributed by atoms with Crippen molar-refractivity contribution in [3.05, 3.63) is 78.2 Å². The number of nitrogens with zero attached hydrogens (tertiary/aromatic N) is 3. The number of piperidine rings is 1. The summed E-state index contributed by atoms with van der Waals surface area (Å²) >= 11 is 0. The first-order valence-corrected chi connectivity index (χ1v) is 11.0. The Labute approximate surface area is 187 Å². The number of benzene rings is 2. The van der Waals surface area contributed by atoms with Crippen LogP contribution < -0.4 is 4.74 Å². The van der Waals surface area contributed by atoms with Crippen LogP contribution in [0.25, 0.3) is 22.0 Å². The van der Waals surface area contributed by atoms with Crippen LogP contribution in [0.4, 0.5) is 0 Å². The average molecular weight is 427 g/mol. The number of pyridine rings is 1. The molecule has 162 valence electrons. The van der Waals surface area contributed by atoms with Crippen LogP contribution >= 0.6 is 0 Å². The predicted octanol–water partition coefficient (Wildman–Crippen LogP) is 4.73. The Hall–Kier alpha value is -3.51. The molecule has 6 heteroatoms. The smallest absolute Gasteiger partial charge is 0.168 e. The lowest BCUT2D eigenvalue weighted by atomic mass is 9.90. The maximum Gasteiger partial charge on any atom is 0.168 e. The monoisotopic (exact) mass is 426 g/mol. The summed E-state index contributed by atoms with van der Waals surface area (Å²) in [5.74, 6) is 1.06. The zero-order chi connectivity index (χ0) is 21.9. The number of carbonyl (C=O) groups is 1. The standard InChI is InChI=1S/C26H26N4O2/c1-32-24-9-8-18-12-20(7-6-19(18)13-24)25-23(15-28-29-25)17-30-11-3-5-22(16-30)26(31)21-4-2-10-27-14-21/h2,4,6-10,12-15,22H,3,5,11,16-17H2,1H3,(H,28,29). The molecular weight excluding hydrogens is 400 g/mol.